The van der Waals surface area contributed by atoms with Gasteiger partial charge in [-0.2, -0.15) is 18.3 Å². The molecular weight excluding hydrogens is 411 g/mol. The average Bonchev–Trinajstić information content (AvgIpc) is 2.56. The number of rotatable bonds is 4. The molecule has 27 heavy (non-hydrogen) atoms. The Labute approximate surface area is 150 Å². The van der Waals surface area contributed by atoms with Gasteiger partial charge in [0.05, 0.1) is 11.1 Å². The third-order valence-corrected chi connectivity index (χ3v) is 3.46. The third-order valence-electron chi connectivity index (χ3n) is 3.12. The molecule has 0 radical (unpaired) electrons. The molecule has 13 heteroatoms. The van der Waals surface area contributed by atoms with Crippen LogP contribution in [-0.2, 0) is 6.18 Å². The van der Waals surface area contributed by atoms with E-state index in [0.717, 1.165) is 18.2 Å². The molecule has 2 rings (SSSR count). The Morgan fingerprint density at radius 1 is 1.07 bits per heavy atom. The molecule has 0 aliphatic rings. The predicted molar refractivity (Wildman–Crippen MR) is 80.6 cm³/mol. The van der Waals surface area contributed by atoms with Gasteiger partial charge in [-0.3, -0.25) is 15.5 Å². The van der Waals surface area contributed by atoms with E-state index in [9.17, 15) is 40.8 Å². The van der Waals surface area contributed by atoms with E-state index in [4.69, 9.17) is 11.6 Å². The zero-order chi connectivity index (χ0) is 20.5. The van der Waals surface area contributed by atoms with Crippen molar-refractivity contribution >= 4 is 29.2 Å². The molecule has 0 aliphatic heterocycles. The number of hydrogen-bond donors (Lipinski definition) is 1. The summed E-state index contributed by atoms with van der Waals surface area (Å²) in [7, 11) is 0. The number of nitrogens with zero attached hydrogens (tertiary/aromatic N) is 2. The van der Waals surface area contributed by atoms with Crippen LogP contribution in [0.25, 0.3) is 0 Å². The molecule has 0 saturated carbocycles. The summed E-state index contributed by atoms with van der Waals surface area (Å²) < 4.78 is 91.7. The second kappa shape index (κ2) is 7.39. The maximum atomic E-state index is 13.7. The summed E-state index contributed by atoms with van der Waals surface area (Å²) in [4.78, 5) is 9.89. The lowest BCUT2D eigenvalue weighted by atomic mass is 10.1. The Morgan fingerprint density at radius 3 is 2.11 bits per heavy atom. The van der Waals surface area contributed by atoms with Crippen LogP contribution in [0.3, 0.4) is 0 Å². The molecule has 0 heterocycles. The Kier molecular flexibility index (Phi) is 5.59. The lowest BCUT2D eigenvalue weighted by Crippen LogP contribution is -2.16. The molecule has 1 N–H and O–H groups in total. The molecule has 5 nitrogen and oxygen atoms in total. The topological polar surface area (TPSA) is 67.5 Å². The number of benzene rings is 2. The van der Waals surface area contributed by atoms with Gasteiger partial charge in [-0.25, -0.2) is 17.6 Å². The molecule has 0 unspecified atom stereocenters. The van der Waals surface area contributed by atoms with E-state index in [1.807, 2.05) is 0 Å². The van der Waals surface area contributed by atoms with Crippen LogP contribution in [0, 0.1) is 33.4 Å². The fourth-order valence-electron chi connectivity index (χ4n) is 1.89. The van der Waals surface area contributed by atoms with E-state index < -0.39 is 51.3 Å². The van der Waals surface area contributed by atoms with Gasteiger partial charge in [0.2, 0.25) is 0 Å². The van der Waals surface area contributed by atoms with Gasteiger partial charge in [0, 0.05) is 22.7 Å². The van der Waals surface area contributed by atoms with E-state index in [0.29, 0.717) is 6.21 Å². The quantitative estimate of drug-likeness (QED) is 0.243. The molecule has 0 atom stereocenters. The van der Waals surface area contributed by atoms with Gasteiger partial charge in [0.1, 0.15) is 11.3 Å². The summed E-state index contributed by atoms with van der Waals surface area (Å²) in [5.74, 6) is -10.0. The van der Waals surface area contributed by atoms with Gasteiger partial charge in [-0.05, 0) is 6.07 Å². The van der Waals surface area contributed by atoms with Gasteiger partial charge in [0.25, 0.3) is 5.69 Å². The van der Waals surface area contributed by atoms with Gasteiger partial charge >= 0.3 is 6.18 Å². The summed E-state index contributed by atoms with van der Waals surface area (Å²) in [5.41, 5.74) is -3.38. The minimum Gasteiger partial charge on any atom is -0.272 e. The number of nitrogens with one attached hydrogen (secondary N) is 1. The summed E-state index contributed by atoms with van der Waals surface area (Å²) in [5, 5.41) is 13.8. The van der Waals surface area contributed by atoms with Crippen molar-refractivity contribution in [1.29, 1.82) is 0 Å². The third kappa shape index (κ3) is 4.10. The minimum absolute atomic E-state index is 0.0723. The first-order valence-electron chi connectivity index (χ1n) is 6.61. The van der Waals surface area contributed by atoms with Crippen LogP contribution in [0.1, 0.15) is 11.1 Å². The molecule has 0 fully saturated rings. The minimum atomic E-state index is -5.67. The van der Waals surface area contributed by atoms with Gasteiger partial charge in [-0.15, -0.1) is 0 Å². The largest absolute Gasteiger partial charge is 0.422 e. The molecule has 2 aromatic rings. The number of halogens is 8. The molecule has 2 aromatic carbocycles. The molecule has 0 aromatic heterocycles. The second-order valence-corrected chi connectivity index (χ2v) is 5.24. The van der Waals surface area contributed by atoms with Gasteiger partial charge in [-0.1, -0.05) is 11.6 Å². The lowest BCUT2D eigenvalue weighted by molar-refractivity contribution is -0.384. The molecule has 0 aliphatic carbocycles. The molecule has 0 spiro atoms. The van der Waals surface area contributed by atoms with Crippen molar-refractivity contribution in [2.75, 3.05) is 5.43 Å². The standard InChI is InChI=1S/C14H5ClF7N3O2/c15-7-2-1-6(25(26)27)3-5(7)4-23-24-13-11(18)9(16)8(14(20,21)22)10(17)12(13)19/h1-4,24H/b23-4+. The maximum Gasteiger partial charge on any atom is 0.422 e. The number of alkyl halides is 3. The number of nitro benzene ring substituents is 1. The van der Waals surface area contributed by atoms with Crippen LogP contribution >= 0.6 is 11.6 Å². The normalized spacial score (nSPS) is 11.9. The molecule has 0 amide bonds. The van der Waals surface area contributed by atoms with Crippen LogP contribution in [0.4, 0.5) is 42.1 Å². The number of hydrazone groups is 1. The molecule has 144 valence electrons. The Balaban J connectivity index is 2.41. The number of non-ortho nitro benzene ring substituents is 1. The highest BCUT2D eigenvalue weighted by Gasteiger charge is 2.42. The smallest absolute Gasteiger partial charge is 0.272 e. The summed E-state index contributed by atoms with van der Waals surface area (Å²) in [6, 6.07) is 3.08. The first-order chi connectivity index (χ1) is 12.4. The maximum absolute atomic E-state index is 13.7. The van der Waals surface area contributed by atoms with E-state index >= 15 is 0 Å². The number of nitro groups is 1. The van der Waals surface area contributed by atoms with Crippen molar-refractivity contribution in [3.05, 3.63) is 67.7 Å². The Hall–Kier alpha value is -2.89. The average molecular weight is 416 g/mol. The van der Waals surface area contributed by atoms with Crippen molar-refractivity contribution in [2.45, 2.75) is 6.18 Å². The Morgan fingerprint density at radius 2 is 1.63 bits per heavy atom. The second-order valence-electron chi connectivity index (χ2n) is 4.84. The fourth-order valence-corrected chi connectivity index (χ4v) is 2.06. The highest BCUT2D eigenvalue weighted by Crippen LogP contribution is 2.38. The number of anilines is 1. The van der Waals surface area contributed by atoms with Crippen molar-refractivity contribution in [2.24, 2.45) is 5.10 Å². The van der Waals surface area contributed by atoms with Crippen molar-refractivity contribution in [1.82, 2.24) is 0 Å². The summed E-state index contributed by atoms with van der Waals surface area (Å²) in [6.07, 6.45) is -4.96. The van der Waals surface area contributed by atoms with Gasteiger partial charge < -0.3 is 0 Å². The summed E-state index contributed by atoms with van der Waals surface area (Å²) >= 11 is 5.73. The van der Waals surface area contributed by atoms with E-state index in [1.54, 1.807) is 0 Å². The van der Waals surface area contributed by atoms with Crippen LogP contribution in [0.2, 0.25) is 5.02 Å². The fraction of sp³-hybridized carbons (Fsp3) is 0.0714. The lowest BCUT2D eigenvalue weighted by Gasteiger charge is -2.13. The van der Waals surface area contributed by atoms with Crippen LogP contribution < -0.4 is 5.43 Å². The zero-order valence-electron chi connectivity index (χ0n) is 12.5. The molecular formula is C14H5ClF7N3O2. The highest BCUT2D eigenvalue weighted by molar-refractivity contribution is 6.33. The Bertz CT molecular complexity index is 918. The molecule has 0 bridgehead atoms. The molecule has 0 saturated heterocycles. The van der Waals surface area contributed by atoms with Crippen LogP contribution in [-0.4, -0.2) is 11.1 Å². The van der Waals surface area contributed by atoms with E-state index in [2.05, 4.69) is 5.10 Å². The first-order valence-corrected chi connectivity index (χ1v) is 6.99. The van der Waals surface area contributed by atoms with Crippen molar-refractivity contribution < 1.29 is 35.7 Å². The first kappa shape index (κ1) is 20.4. The number of hydrogen-bond acceptors (Lipinski definition) is 4. The SMILES string of the molecule is O=[N+]([O-])c1ccc(Cl)c(/C=N/Nc2c(F)c(F)c(C(F)(F)F)c(F)c2F)c1. The van der Waals surface area contributed by atoms with Crippen LogP contribution in [0.5, 0.6) is 0 Å². The predicted octanol–water partition coefficient (Wildman–Crippen LogP) is 5.27. The van der Waals surface area contributed by atoms with E-state index in [1.165, 1.54) is 5.43 Å². The summed E-state index contributed by atoms with van der Waals surface area (Å²) in [6.45, 7) is 0. The van der Waals surface area contributed by atoms with Gasteiger partial charge in [0.15, 0.2) is 23.3 Å². The van der Waals surface area contributed by atoms with Crippen molar-refractivity contribution in [3.63, 3.8) is 0 Å². The highest BCUT2D eigenvalue weighted by atomic mass is 35.5. The zero-order valence-corrected chi connectivity index (χ0v) is 13.3. The van der Waals surface area contributed by atoms with E-state index in [-0.39, 0.29) is 10.6 Å². The monoisotopic (exact) mass is 415 g/mol. The van der Waals surface area contributed by atoms with Crippen LogP contribution in [0.15, 0.2) is 23.3 Å². The van der Waals surface area contributed by atoms with Crippen molar-refractivity contribution in [3.8, 4) is 0 Å².